The summed E-state index contributed by atoms with van der Waals surface area (Å²) in [5.74, 6) is -0.342. The Kier molecular flexibility index (Phi) is 7.25. The van der Waals surface area contributed by atoms with Crippen LogP contribution in [-0.4, -0.2) is 35.5 Å². The fraction of sp³-hybridized carbons (Fsp3) is 0.333. The van der Waals surface area contributed by atoms with E-state index in [0.717, 1.165) is 0 Å². The van der Waals surface area contributed by atoms with E-state index in [1.54, 1.807) is 37.2 Å². The number of carbonyl (C=O) groups is 1. The smallest absolute Gasteiger partial charge is 0.422 e. The predicted octanol–water partition coefficient (Wildman–Crippen LogP) is 2.68. The number of halogens is 4. The maximum absolute atomic E-state index is 12.4. The second-order valence-electron chi connectivity index (χ2n) is 5.09. The number of carbonyl (C=O) groups excluding carboxylic acids is 1. The zero-order valence-corrected chi connectivity index (χ0v) is 14.3. The summed E-state index contributed by atoms with van der Waals surface area (Å²) in [4.78, 5) is 12.4. The molecular formula is C15H18ClF3N4O2. The molecule has 1 heterocycles. The molecule has 0 radical (unpaired) electrons. The number of rotatable bonds is 6. The zero-order valence-electron chi connectivity index (χ0n) is 13.5. The molecule has 1 unspecified atom stereocenters. The van der Waals surface area contributed by atoms with Crippen molar-refractivity contribution in [3.63, 3.8) is 0 Å². The van der Waals surface area contributed by atoms with Crippen LogP contribution in [0.25, 0.3) is 0 Å². The molecule has 1 aromatic carbocycles. The van der Waals surface area contributed by atoms with Gasteiger partial charge in [-0.2, -0.15) is 18.3 Å². The summed E-state index contributed by atoms with van der Waals surface area (Å²) in [6.07, 6.45) is -1.16. The lowest BCUT2D eigenvalue weighted by atomic mass is 10.1. The quantitative estimate of drug-likeness (QED) is 0.811. The topological polar surface area (TPSA) is 68.2 Å². The summed E-state index contributed by atoms with van der Waals surface area (Å²) in [5.41, 5.74) is 1.01. The van der Waals surface area contributed by atoms with Crippen LogP contribution in [0.3, 0.4) is 0 Å². The summed E-state index contributed by atoms with van der Waals surface area (Å²) in [6, 6.07) is 5.14. The van der Waals surface area contributed by atoms with E-state index in [1.807, 2.05) is 0 Å². The fourth-order valence-electron chi connectivity index (χ4n) is 2.08. The third-order valence-corrected chi connectivity index (χ3v) is 3.11. The zero-order chi connectivity index (χ0) is 17.7. The number of nitrogens with zero attached hydrogens (tertiary/aromatic N) is 2. The molecule has 2 aromatic rings. The van der Waals surface area contributed by atoms with Crippen molar-refractivity contribution in [2.45, 2.75) is 12.2 Å². The molecule has 2 N–H and O–H groups in total. The van der Waals surface area contributed by atoms with Crippen molar-refractivity contribution in [3.8, 4) is 5.75 Å². The first-order chi connectivity index (χ1) is 11.3. The number of hydrogen-bond acceptors (Lipinski definition) is 4. The van der Waals surface area contributed by atoms with Crippen LogP contribution < -0.4 is 15.4 Å². The lowest BCUT2D eigenvalue weighted by Crippen LogP contribution is -2.30. The summed E-state index contributed by atoms with van der Waals surface area (Å²) in [6.45, 7) is -1.39. The van der Waals surface area contributed by atoms with Crippen LogP contribution in [0, 0.1) is 0 Å². The molecule has 0 saturated heterocycles. The number of aromatic nitrogens is 2. The molecule has 0 aliphatic heterocycles. The Bertz CT molecular complexity index is 706. The van der Waals surface area contributed by atoms with Crippen molar-refractivity contribution in [1.29, 1.82) is 0 Å². The second-order valence-corrected chi connectivity index (χ2v) is 5.09. The van der Waals surface area contributed by atoms with Gasteiger partial charge in [-0.15, -0.1) is 12.4 Å². The maximum Gasteiger partial charge on any atom is 0.422 e. The molecule has 0 aliphatic carbocycles. The molecule has 1 atom stereocenters. The normalized spacial score (nSPS) is 12.2. The van der Waals surface area contributed by atoms with E-state index in [2.05, 4.69) is 20.5 Å². The lowest BCUT2D eigenvalue weighted by Gasteiger charge is -2.15. The third-order valence-electron chi connectivity index (χ3n) is 3.11. The van der Waals surface area contributed by atoms with Crippen molar-refractivity contribution in [3.05, 3.63) is 42.2 Å². The number of ether oxygens (including phenoxy) is 1. The standard InChI is InChI=1S/C15H17F3N4O2.ClH/c1-19-13(10-7-20-22(2)8-10)14(23)21-11-4-3-5-12(6-11)24-9-15(16,17)18;/h3-8,13,19H,9H2,1-2H3,(H,21,23);1H. The maximum atomic E-state index is 12.4. The summed E-state index contributed by atoms with van der Waals surface area (Å²) in [5, 5.41) is 9.51. The number of aryl methyl sites for hydroxylation is 1. The molecule has 1 aromatic heterocycles. The van der Waals surface area contributed by atoms with Gasteiger partial charge in [-0.3, -0.25) is 9.48 Å². The first-order valence-corrected chi connectivity index (χ1v) is 7.05. The van der Waals surface area contributed by atoms with Gasteiger partial charge in [0.2, 0.25) is 5.91 Å². The van der Waals surface area contributed by atoms with Gasteiger partial charge in [0, 0.05) is 30.6 Å². The van der Waals surface area contributed by atoms with Gasteiger partial charge in [-0.25, -0.2) is 0 Å². The van der Waals surface area contributed by atoms with E-state index >= 15 is 0 Å². The van der Waals surface area contributed by atoms with E-state index in [1.165, 1.54) is 18.2 Å². The van der Waals surface area contributed by atoms with Gasteiger partial charge in [0.25, 0.3) is 0 Å². The van der Waals surface area contributed by atoms with Crippen LogP contribution in [-0.2, 0) is 11.8 Å². The van der Waals surface area contributed by atoms with E-state index in [-0.39, 0.29) is 24.1 Å². The van der Waals surface area contributed by atoms with Gasteiger partial charge in [0.15, 0.2) is 6.61 Å². The Labute approximate surface area is 148 Å². The Hall–Kier alpha value is -2.26. The fourth-order valence-corrected chi connectivity index (χ4v) is 2.08. The van der Waals surface area contributed by atoms with Gasteiger partial charge in [0.1, 0.15) is 11.8 Å². The van der Waals surface area contributed by atoms with Gasteiger partial charge >= 0.3 is 6.18 Å². The Morgan fingerprint density at radius 2 is 2.12 bits per heavy atom. The SMILES string of the molecule is CNC(C(=O)Nc1cccc(OCC(F)(F)F)c1)c1cnn(C)c1.Cl. The number of anilines is 1. The highest BCUT2D eigenvalue weighted by Crippen LogP contribution is 2.22. The largest absolute Gasteiger partial charge is 0.484 e. The summed E-state index contributed by atoms with van der Waals surface area (Å²) < 4.78 is 42.8. The predicted molar refractivity (Wildman–Crippen MR) is 88.9 cm³/mol. The van der Waals surface area contributed by atoms with E-state index in [4.69, 9.17) is 0 Å². The highest BCUT2D eigenvalue weighted by molar-refractivity contribution is 5.95. The van der Waals surface area contributed by atoms with Crippen molar-refractivity contribution >= 4 is 24.0 Å². The van der Waals surface area contributed by atoms with Crippen LogP contribution in [0.5, 0.6) is 5.75 Å². The molecule has 0 spiro atoms. The van der Waals surface area contributed by atoms with Gasteiger partial charge in [-0.1, -0.05) is 6.07 Å². The summed E-state index contributed by atoms with van der Waals surface area (Å²) in [7, 11) is 3.36. The van der Waals surface area contributed by atoms with Crippen LogP contribution >= 0.6 is 12.4 Å². The van der Waals surface area contributed by atoms with Crippen LogP contribution in [0.2, 0.25) is 0 Å². The lowest BCUT2D eigenvalue weighted by molar-refractivity contribution is -0.153. The number of amides is 1. The van der Waals surface area contributed by atoms with E-state index in [0.29, 0.717) is 11.3 Å². The minimum atomic E-state index is -4.42. The molecule has 138 valence electrons. The molecule has 0 bridgehead atoms. The molecule has 2 rings (SSSR count). The average Bonchev–Trinajstić information content (AvgIpc) is 2.92. The van der Waals surface area contributed by atoms with Gasteiger partial charge in [-0.05, 0) is 19.2 Å². The van der Waals surface area contributed by atoms with Gasteiger partial charge < -0.3 is 15.4 Å². The van der Waals surface area contributed by atoms with Crippen molar-refractivity contribution in [2.24, 2.45) is 7.05 Å². The van der Waals surface area contributed by atoms with Gasteiger partial charge in [0.05, 0.1) is 6.20 Å². The minimum Gasteiger partial charge on any atom is -0.484 e. The number of nitrogens with one attached hydrogen (secondary N) is 2. The Morgan fingerprint density at radius 1 is 1.40 bits per heavy atom. The van der Waals surface area contributed by atoms with Crippen molar-refractivity contribution < 1.29 is 22.7 Å². The Balaban J connectivity index is 0.00000312. The molecule has 0 saturated carbocycles. The third kappa shape index (κ3) is 6.28. The number of hydrogen-bond donors (Lipinski definition) is 2. The molecular weight excluding hydrogens is 361 g/mol. The van der Waals surface area contributed by atoms with Crippen molar-refractivity contribution in [2.75, 3.05) is 19.0 Å². The van der Waals surface area contributed by atoms with E-state index < -0.39 is 18.8 Å². The van der Waals surface area contributed by atoms with E-state index in [9.17, 15) is 18.0 Å². The van der Waals surface area contributed by atoms with Crippen LogP contribution in [0.15, 0.2) is 36.7 Å². The molecule has 0 fully saturated rings. The van der Waals surface area contributed by atoms with Crippen LogP contribution in [0.1, 0.15) is 11.6 Å². The molecule has 10 heteroatoms. The highest BCUT2D eigenvalue weighted by atomic mass is 35.5. The second kappa shape index (κ2) is 8.72. The van der Waals surface area contributed by atoms with Crippen LogP contribution in [0.4, 0.5) is 18.9 Å². The highest BCUT2D eigenvalue weighted by Gasteiger charge is 2.28. The number of benzene rings is 1. The summed E-state index contributed by atoms with van der Waals surface area (Å²) >= 11 is 0. The average molecular weight is 379 g/mol. The number of alkyl halides is 3. The Morgan fingerprint density at radius 3 is 2.68 bits per heavy atom. The van der Waals surface area contributed by atoms with Crippen molar-refractivity contribution in [1.82, 2.24) is 15.1 Å². The monoisotopic (exact) mass is 378 g/mol. The minimum absolute atomic E-state index is 0. The molecule has 6 nitrogen and oxygen atoms in total. The molecule has 1 amide bonds. The number of likely N-dealkylation sites (N-methyl/N-ethyl adjacent to an activating group) is 1. The first-order valence-electron chi connectivity index (χ1n) is 7.05. The molecule has 0 aliphatic rings. The first kappa shape index (κ1) is 20.8. The molecule has 25 heavy (non-hydrogen) atoms.